The Labute approximate surface area is 212 Å². The zero-order chi connectivity index (χ0) is 25.5. The molecule has 2 amide bonds. The van der Waals surface area contributed by atoms with Crippen molar-refractivity contribution < 1.29 is 19.1 Å². The van der Waals surface area contributed by atoms with Crippen LogP contribution in [0.2, 0.25) is 0 Å². The third-order valence-electron chi connectivity index (χ3n) is 6.65. The maximum absolute atomic E-state index is 12.8. The molecule has 188 valence electrons. The fourth-order valence-electron chi connectivity index (χ4n) is 4.78. The number of nitrogens with one attached hydrogen (secondary N) is 1. The van der Waals surface area contributed by atoms with E-state index in [2.05, 4.69) is 10.2 Å². The molecule has 0 radical (unpaired) electrons. The molecule has 0 atom stereocenters. The molecule has 4 rings (SSSR count). The lowest BCUT2D eigenvalue weighted by atomic mass is 9.87. The van der Waals surface area contributed by atoms with E-state index in [0.29, 0.717) is 24.3 Å². The second kappa shape index (κ2) is 11.7. The van der Waals surface area contributed by atoms with Gasteiger partial charge in [-0.3, -0.25) is 15.0 Å². The fourth-order valence-corrected chi connectivity index (χ4v) is 4.78. The van der Waals surface area contributed by atoms with E-state index >= 15 is 0 Å². The molecule has 0 spiro atoms. The van der Waals surface area contributed by atoms with Gasteiger partial charge in [-0.1, -0.05) is 29.8 Å². The molecule has 1 fully saturated rings. The first-order valence-electron chi connectivity index (χ1n) is 12.4. The zero-order valence-electron chi connectivity index (χ0n) is 20.9. The first kappa shape index (κ1) is 25.3. The van der Waals surface area contributed by atoms with Crippen molar-refractivity contribution in [1.82, 2.24) is 9.80 Å². The predicted molar refractivity (Wildman–Crippen MR) is 141 cm³/mol. The van der Waals surface area contributed by atoms with E-state index in [1.165, 1.54) is 5.57 Å². The summed E-state index contributed by atoms with van der Waals surface area (Å²) in [6.45, 7) is 7.91. The summed E-state index contributed by atoms with van der Waals surface area (Å²) >= 11 is 0. The smallest absolute Gasteiger partial charge is 0.409 e. The monoisotopic (exact) mass is 487 g/mol. The van der Waals surface area contributed by atoms with Crippen LogP contribution in [-0.2, 0) is 6.54 Å². The van der Waals surface area contributed by atoms with Crippen LogP contribution in [0.15, 0.2) is 76.9 Å². The highest BCUT2D eigenvalue weighted by Crippen LogP contribution is 2.34. The van der Waals surface area contributed by atoms with Crippen LogP contribution in [0.4, 0.5) is 10.5 Å². The number of carbonyl (C=O) groups excluding carboxylic acids is 1. The van der Waals surface area contributed by atoms with Crippen molar-refractivity contribution in [2.45, 2.75) is 33.2 Å². The summed E-state index contributed by atoms with van der Waals surface area (Å²) in [4.78, 5) is 28.2. The molecule has 1 saturated heterocycles. The van der Waals surface area contributed by atoms with Gasteiger partial charge in [-0.05, 0) is 79.8 Å². The maximum Gasteiger partial charge on any atom is 0.409 e. The average molecular weight is 488 g/mol. The number of benzene rings is 2. The van der Waals surface area contributed by atoms with Crippen molar-refractivity contribution in [3.05, 3.63) is 95.0 Å². The van der Waals surface area contributed by atoms with Gasteiger partial charge >= 0.3 is 6.09 Å². The highest BCUT2D eigenvalue weighted by atomic mass is 16.4. The van der Waals surface area contributed by atoms with Crippen molar-refractivity contribution in [1.29, 1.82) is 0 Å². The van der Waals surface area contributed by atoms with E-state index in [1.807, 2.05) is 73.3 Å². The van der Waals surface area contributed by atoms with Crippen LogP contribution in [0.3, 0.4) is 0 Å². The molecule has 7 nitrogen and oxygen atoms in total. The summed E-state index contributed by atoms with van der Waals surface area (Å²) in [5.41, 5.74) is 5.60. The van der Waals surface area contributed by atoms with Gasteiger partial charge in [0.25, 0.3) is 5.91 Å². The summed E-state index contributed by atoms with van der Waals surface area (Å²) in [5.74, 6) is 0.989. The number of nitrogens with zero attached hydrogens (tertiary/aromatic N) is 2. The summed E-state index contributed by atoms with van der Waals surface area (Å²) in [5, 5.41) is 11.7. The molecule has 0 saturated carbocycles. The van der Waals surface area contributed by atoms with Crippen LogP contribution < -0.4 is 5.32 Å². The van der Waals surface area contributed by atoms with Gasteiger partial charge in [-0.15, -0.1) is 0 Å². The van der Waals surface area contributed by atoms with Crippen LogP contribution in [-0.4, -0.2) is 53.1 Å². The van der Waals surface area contributed by atoms with Gasteiger partial charge in [-0.25, -0.2) is 4.79 Å². The highest BCUT2D eigenvalue weighted by molar-refractivity contribution is 5.95. The van der Waals surface area contributed by atoms with E-state index in [1.54, 1.807) is 12.3 Å². The topological polar surface area (TPSA) is 86.0 Å². The second-order valence-electron chi connectivity index (χ2n) is 8.90. The molecular formula is C29H33N3O4. The van der Waals surface area contributed by atoms with Crippen molar-refractivity contribution in [3.63, 3.8) is 0 Å². The van der Waals surface area contributed by atoms with Crippen LogP contribution in [0.5, 0.6) is 0 Å². The van der Waals surface area contributed by atoms with E-state index in [-0.39, 0.29) is 5.91 Å². The van der Waals surface area contributed by atoms with Crippen LogP contribution >= 0.6 is 0 Å². The SMILES string of the molecule is CCN(CC)C(=O)c1ccc(C(=C2CCN(Cc3ccco3)CC2)c2cccc(NC(=O)O)c2)cc1. The number of piperidine rings is 1. The van der Waals surface area contributed by atoms with Gasteiger partial charge < -0.3 is 14.4 Å². The van der Waals surface area contributed by atoms with E-state index < -0.39 is 6.09 Å². The standard InChI is InChI=1S/C29H33N3O4/c1-3-32(4-2)28(33)23-12-10-21(11-13-23)27(24-7-5-8-25(19-24)30-29(34)35)22-14-16-31(17-15-22)20-26-9-6-18-36-26/h5-13,18-19,30H,3-4,14-17,20H2,1-2H3,(H,34,35). The lowest BCUT2D eigenvalue weighted by Gasteiger charge is -2.29. The minimum Gasteiger partial charge on any atom is -0.468 e. The minimum atomic E-state index is -1.09. The lowest BCUT2D eigenvalue weighted by molar-refractivity contribution is 0.0773. The molecule has 1 aliphatic heterocycles. The summed E-state index contributed by atoms with van der Waals surface area (Å²) < 4.78 is 5.52. The molecular weight excluding hydrogens is 454 g/mol. The number of amides is 2. The molecule has 2 N–H and O–H groups in total. The van der Waals surface area contributed by atoms with Gasteiger partial charge in [0.05, 0.1) is 12.8 Å². The molecule has 0 bridgehead atoms. The highest BCUT2D eigenvalue weighted by Gasteiger charge is 2.21. The summed E-state index contributed by atoms with van der Waals surface area (Å²) in [6.07, 6.45) is 2.40. The number of hydrogen-bond acceptors (Lipinski definition) is 4. The molecule has 2 aromatic carbocycles. The van der Waals surface area contributed by atoms with Crippen LogP contribution in [0.25, 0.3) is 5.57 Å². The van der Waals surface area contributed by atoms with Crippen molar-refractivity contribution in [3.8, 4) is 0 Å². The Morgan fingerprint density at radius 2 is 1.64 bits per heavy atom. The Kier molecular flexibility index (Phi) is 8.23. The second-order valence-corrected chi connectivity index (χ2v) is 8.90. The third-order valence-corrected chi connectivity index (χ3v) is 6.65. The van der Waals surface area contributed by atoms with Crippen LogP contribution in [0, 0.1) is 0 Å². The first-order valence-corrected chi connectivity index (χ1v) is 12.4. The van der Waals surface area contributed by atoms with Crippen LogP contribution in [0.1, 0.15) is 53.9 Å². The van der Waals surface area contributed by atoms with Crippen molar-refractivity contribution in [2.24, 2.45) is 0 Å². The zero-order valence-corrected chi connectivity index (χ0v) is 20.9. The number of hydrogen-bond donors (Lipinski definition) is 2. The van der Waals surface area contributed by atoms with Gasteiger partial charge in [0.1, 0.15) is 5.76 Å². The predicted octanol–water partition coefficient (Wildman–Crippen LogP) is 5.95. The van der Waals surface area contributed by atoms with E-state index in [4.69, 9.17) is 4.42 Å². The first-order chi connectivity index (χ1) is 17.5. The van der Waals surface area contributed by atoms with Gasteiger partial charge in [0.2, 0.25) is 0 Å². The van der Waals surface area contributed by atoms with Gasteiger partial charge in [0, 0.05) is 37.4 Å². The lowest BCUT2D eigenvalue weighted by Crippen LogP contribution is -2.30. The van der Waals surface area contributed by atoms with E-state index in [9.17, 15) is 14.7 Å². The van der Waals surface area contributed by atoms with Crippen molar-refractivity contribution in [2.75, 3.05) is 31.5 Å². The number of furan rings is 1. The average Bonchev–Trinajstić information content (AvgIpc) is 3.39. The Hall–Kier alpha value is -3.84. The Bertz CT molecular complexity index is 1200. The molecule has 0 unspecified atom stereocenters. The molecule has 1 aromatic heterocycles. The quantitative estimate of drug-likeness (QED) is 0.410. The van der Waals surface area contributed by atoms with Gasteiger partial charge in [0.15, 0.2) is 0 Å². The fraction of sp³-hybridized carbons (Fsp3) is 0.310. The van der Waals surface area contributed by atoms with Crippen molar-refractivity contribution >= 4 is 23.3 Å². The number of rotatable bonds is 8. The molecule has 36 heavy (non-hydrogen) atoms. The summed E-state index contributed by atoms with van der Waals surface area (Å²) in [6, 6.07) is 19.2. The Morgan fingerprint density at radius 3 is 2.25 bits per heavy atom. The molecule has 3 aromatic rings. The normalized spacial score (nSPS) is 13.9. The third kappa shape index (κ3) is 6.04. The number of carbonyl (C=O) groups is 2. The van der Waals surface area contributed by atoms with E-state index in [0.717, 1.165) is 54.9 Å². The Morgan fingerprint density at radius 1 is 0.944 bits per heavy atom. The molecule has 7 heteroatoms. The maximum atomic E-state index is 12.8. The van der Waals surface area contributed by atoms with Gasteiger partial charge in [-0.2, -0.15) is 0 Å². The number of anilines is 1. The number of carboxylic acid groups (broad SMARTS) is 1. The largest absolute Gasteiger partial charge is 0.468 e. The summed E-state index contributed by atoms with van der Waals surface area (Å²) in [7, 11) is 0. The Balaban J connectivity index is 1.65. The molecule has 0 aliphatic carbocycles. The minimum absolute atomic E-state index is 0.0274. The number of likely N-dealkylation sites (tertiary alicyclic amines) is 1. The molecule has 2 heterocycles. The molecule has 1 aliphatic rings.